The molecule has 0 bridgehead atoms. The molecule has 14 heavy (non-hydrogen) atoms. The molecule has 0 atom stereocenters. The Bertz CT molecular complexity index is 110. The summed E-state index contributed by atoms with van der Waals surface area (Å²) in [5.74, 6) is 0. The van der Waals surface area contributed by atoms with Gasteiger partial charge in [-0.15, -0.1) is 0 Å². The van der Waals surface area contributed by atoms with Gasteiger partial charge in [-0.1, -0.05) is 0 Å². The molecule has 0 aliphatic carbocycles. The van der Waals surface area contributed by atoms with E-state index >= 15 is 0 Å². The highest BCUT2D eigenvalue weighted by atomic mass is 35.5. The number of hydrogen-bond acceptors (Lipinski definition) is 2. The fourth-order valence-electron chi connectivity index (χ4n) is 1.35. The lowest BCUT2D eigenvalue weighted by Crippen LogP contribution is -3.00. The summed E-state index contributed by atoms with van der Waals surface area (Å²) in [6.45, 7) is 8.34. The van der Waals surface area contributed by atoms with Gasteiger partial charge in [-0.05, 0) is 20.8 Å². The van der Waals surface area contributed by atoms with Gasteiger partial charge in [0.1, 0.15) is 0 Å². The van der Waals surface area contributed by atoms with E-state index in [0.717, 1.165) is 19.6 Å². The fourth-order valence-corrected chi connectivity index (χ4v) is 3.75. The Morgan fingerprint density at radius 2 is 1.43 bits per heavy atom. The van der Waals surface area contributed by atoms with Crippen molar-refractivity contribution in [2.45, 2.75) is 20.8 Å². The zero-order chi connectivity index (χ0) is 10.2. The summed E-state index contributed by atoms with van der Waals surface area (Å²) in [6, 6.07) is 0. The van der Waals surface area contributed by atoms with Gasteiger partial charge >= 0.3 is 0 Å². The summed E-state index contributed by atoms with van der Waals surface area (Å²) in [4.78, 5) is 0. The third-order valence-electron chi connectivity index (χ3n) is 2.81. The fraction of sp³-hybridized carbons (Fsp3) is 1.00. The van der Waals surface area contributed by atoms with E-state index in [9.17, 15) is 0 Å². The highest BCUT2D eigenvalue weighted by molar-refractivity contribution is 7.75. The molecular weight excluding hydrogens is 219 g/mol. The van der Waals surface area contributed by atoms with Crippen LogP contribution in [0.2, 0.25) is 0 Å². The van der Waals surface area contributed by atoms with Gasteiger partial charge in [-0.25, -0.2) is 0 Å². The molecule has 0 fully saturated rings. The summed E-state index contributed by atoms with van der Waals surface area (Å²) in [5, 5.41) is 0. The van der Waals surface area contributed by atoms with Crippen LogP contribution in [0.5, 0.6) is 0 Å². The predicted molar refractivity (Wildman–Crippen MR) is 61.2 cm³/mol. The maximum absolute atomic E-state index is 5.64. The quantitative estimate of drug-likeness (QED) is 0.430. The first kappa shape index (κ1) is 17.0. The molecule has 0 aromatic rings. The van der Waals surface area contributed by atoms with Crippen molar-refractivity contribution >= 4 is 7.26 Å². The van der Waals surface area contributed by atoms with Crippen LogP contribution in [-0.4, -0.2) is 45.2 Å². The molecule has 0 aromatic heterocycles. The zero-order valence-corrected chi connectivity index (χ0v) is 11.5. The normalized spacial score (nSPS) is 11.1. The maximum atomic E-state index is 5.64. The molecule has 0 radical (unpaired) electrons. The van der Waals surface area contributed by atoms with Crippen molar-refractivity contribution in [1.29, 1.82) is 0 Å². The molecule has 0 N–H and O–H groups in total. The van der Waals surface area contributed by atoms with Gasteiger partial charge in [0.15, 0.2) is 6.35 Å². The second-order valence-corrected chi connectivity index (χ2v) is 8.16. The van der Waals surface area contributed by atoms with Crippen LogP contribution in [0.1, 0.15) is 20.8 Å². The average Bonchev–Trinajstić information content (AvgIpc) is 2.20. The third-order valence-corrected chi connectivity index (χ3v) is 7.56. The number of hydrogen-bond donors (Lipinski definition) is 0. The molecule has 0 unspecified atom stereocenters. The molecule has 0 saturated carbocycles. The van der Waals surface area contributed by atoms with Crippen molar-refractivity contribution in [3.63, 3.8) is 0 Å². The van der Waals surface area contributed by atoms with Gasteiger partial charge in [0.2, 0.25) is 0 Å². The topological polar surface area (TPSA) is 18.5 Å². The van der Waals surface area contributed by atoms with E-state index < -0.39 is 7.26 Å². The molecule has 0 amide bonds. The smallest absolute Gasteiger partial charge is 0.157 e. The lowest BCUT2D eigenvalue weighted by Gasteiger charge is -2.22. The SMILES string of the molecule is CC[P+](CC)(CC)COCCOC.[Cl-]. The third kappa shape index (κ3) is 6.19. The van der Waals surface area contributed by atoms with Gasteiger partial charge in [0.25, 0.3) is 0 Å². The molecular formula is C10H24ClO2P. The Labute approximate surface area is 95.5 Å². The highest BCUT2D eigenvalue weighted by Crippen LogP contribution is 2.57. The van der Waals surface area contributed by atoms with Crippen molar-refractivity contribution in [2.24, 2.45) is 0 Å². The first-order chi connectivity index (χ1) is 6.24. The van der Waals surface area contributed by atoms with Gasteiger partial charge < -0.3 is 21.9 Å². The van der Waals surface area contributed by atoms with Crippen LogP contribution < -0.4 is 12.4 Å². The molecule has 88 valence electrons. The summed E-state index contributed by atoms with van der Waals surface area (Å²) < 4.78 is 10.6. The van der Waals surface area contributed by atoms with Crippen LogP contribution in [0.25, 0.3) is 0 Å². The van der Waals surface area contributed by atoms with Crippen molar-refractivity contribution in [3.05, 3.63) is 0 Å². The zero-order valence-electron chi connectivity index (χ0n) is 9.88. The van der Waals surface area contributed by atoms with Gasteiger partial charge in [-0.2, -0.15) is 0 Å². The largest absolute Gasteiger partial charge is 1.00 e. The highest BCUT2D eigenvalue weighted by Gasteiger charge is 2.31. The summed E-state index contributed by atoms with van der Waals surface area (Å²) >= 11 is 0. The molecule has 0 aromatic carbocycles. The molecule has 0 heterocycles. The van der Waals surface area contributed by atoms with E-state index in [0.29, 0.717) is 0 Å². The van der Waals surface area contributed by atoms with Crippen molar-refractivity contribution in [2.75, 3.05) is 45.2 Å². The standard InChI is InChI=1S/C10H24O2P.ClH/c1-5-13(6-2,7-3)10-12-9-8-11-4;/h5-10H2,1-4H3;1H/q+1;/p-1. The Morgan fingerprint density at radius 3 is 1.79 bits per heavy atom. The molecule has 4 heteroatoms. The van der Waals surface area contributed by atoms with Crippen LogP contribution in [0.15, 0.2) is 0 Å². The van der Waals surface area contributed by atoms with Crippen LogP contribution in [-0.2, 0) is 9.47 Å². The van der Waals surface area contributed by atoms with Crippen LogP contribution in [0.4, 0.5) is 0 Å². The number of rotatable bonds is 8. The van der Waals surface area contributed by atoms with E-state index in [2.05, 4.69) is 20.8 Å². The molecule has 0 aliphatic rings. The predicted octanol–water partition coefficient (Wildman–Crippen LogP) is -0.312. The Morgan fingerprint density at radius 1 is 0.929 bits per heavy atom. The van der Waals surface area contributed by atoms with Crippen molar-refractivity contribution < 1.29 is 21.9 Å². The molecule has 0 spiro atoms. The van der Waals surface area contributed by atoms with Crippen LogP contribution >= 0.6 is 7.26 Å². The van der Waals surface area contributed by atoms with E-state index in [1.807, 2.05) is 0 Å². The van der Waals surface area contributed by atoms with E-state index in [1.54, 1.807) is 7.11 Å². The minimum atomic E-state index is -0.757. The summed E-state index contributed by atoms with van der Waals surface area (Å²) in [5.41, 5.74) is 0. The number of halogens is 1. The monoisotopic (exact) mass is 242 g/mol. The molecule has 2 nitrogen and oxygen atoms in total. The van der Waals surface area contributed by atoms with E-state index in [1.165, 1.54) is 18.5 Å². The first-order valence-electron chi connectivity index (χ1n) is 5.16. The Hall–Kier alpha value is 0.640. The van der Waals surface area contributed by atoms with Gasteiger partial charge in [-0.3, -0.25) is 0 Å². The maximum Gasteiger partial charge on any atom is 0.157 e. The minimum Gasteiger partial charge on any atom is -1.00 e. The number of ether oxygens (including phenoxy) is 2. The van der Waals surface area contributed by atoms with E-state index in [-0.39, 0.29) is 12.4 Å². The summed E-state index contributed by atoms with van der Waals surface area (Å²) in [6.07, 6.45) is 4.92. The average molecular weight is 243 g/mol. The Balaban J connectivity index is 0. The lowest BCUT2D eigenvalue weighted by molar-refractivity contribution is -0.00000352. The van der Waals surface area contributed by atoms with Crippen molar-refractivity contribution in [3.8, 4) is 0 Å². The van der Waals surface area contributed by atoms with Gasteiger partial charge in [0, 0.05) is 14.4 Å². The molecule has 0 rings (SSSR count). The van der Waals surface area contributed by atoms with Crippen LogP contribution in [0.3, 0.4) is 0 Å². The van der Waals surface area contributed by atoms with Crippen LogP contribution in [0, 0.1) is 0 Å². The molecule has 0 saturated heterocycles. The minimum absolute atomic E-state index is 0. The number of methoxy groups -OCH3 is 1. The van der Waals surface area contributed by atoms with Gasteiger partial charge in [0.05, 0.1) is 31.7 Å². The first-order valence-corrected chi connectivity index (χ1v) is 7.69. The Kier molecular flexibility index (Phi) is 12.4. The summed E-state index contributed by atoms with van der Waals surface area (Å²) in [7, 11) is 0.957. The second kappa shape index (κ2) is 10.2. The van der Waals surface area contributed by atoms with E-state index in [4.69, 9.17) is 9.47 Å². The molecule has 0 aliphatic heterocycles. The van der Waals surface area contributed by atoms with Crippen molar-refractivity contribution in [1.82, 2.24) is 0 Å². The lowest BCUT2D eigenvalue weighted by atomic mass is 10.8. The second-order valence-electron chi connectivity index (χ2n) is 3.32.